The number of nitrogens with zero attached hydrogens (tertiary/aromatic N) is 4. The molecule has 3 rings (SSSR count). The fourth-order valence-corrected chi connectivity index (χ4v) is 2.72. The topological polar surface area (TPSA) is 64.7 Å². The molecule has 0 radical (unpaired) electrons. The van der Waals surface area contributed by atoms with Crippen LogP contribution >= 0.6 is 11.6 Å². The molecule has 0 atom stereocenters. The molecule has 2 heterocycles. The van der Waals surface area contributed by atoms with E-state index in [4.69, 9.17) is 11.6 Å². The number of amides is 1. The van der Waals surface area contributed by atoms with Crippen molar-refractivity contribution >= 4 is 23.3 Å². The normalized spacial score (nSPS) is 11.2. The van der Waals surface area contributed by atoms with Crippen molar-refractivity contribution in [3.05, 3.63) is 64.3 Å². The van der Waals surface area contributed by atoms with Crippen molar-refractivity contribution in [2.24, 2.45) is 0 Å². The van der Waals surface area contributed by atoms with Crippen LogP contribution in [0.3, 0.4) is 0 Å². The summed E-state index contributed by atoms with van der Waals surface area (Å²) in [6.07, 6.45) is -1.19. The molecular formula is C17H15ClF3N5O. The van der Waals surface area contributed by atoms with Gasteiger partial charge in [-0.25, -0.2) is 13.2 Å². The van der Waals surface area contributed by atoms with Gasteiger partial charge in [0.2, 0.25) is 5.91 Å². The van der Waals surface area contributed by atoms with E-state index in [9.17, 15) is 18.0 Å². The monoisotopic (exact) mass is 397 g/mol. The fraction of sp³-hybridized carbons (Fsp3) is 0.235. The van der Waals surface area contributed by atoms with Gasteiger partial charge in [-0.3, -0.25) is 14.2 Å². The lowest BCUT2D eigenvalue weighted by Crippen LogP contribution is -2.20. The Bertz CT molecular complexity index is 969. The number of halogens is 4. The summed E-state index contributed by atoms with van der Waals surface area (Å²) in [5, 5.41) is 10.3. The second-order valence-corrected chi connectivity index (χ2v) is 6.20. The number of benzene rings is 1. The van der Waals surface area contributed by atoms with Gasteiger partial charge in [-0.1, -0.05) is 23.7 Å². The van der Waals surface area contributed by atoms with E-state index in [1.54, 1.807) is 24.4 Å². The average Bonchev–Trinajstić information content (AvgIpc) is 3.14. The maximum Gasteiger partial charge on any atom is 0.283 e. The van der Waals surface area contributed by atoms with Gasteiger partial charge in [0.25, 0.3) is 6.43 Å². The summed E-state index contributed by atoms with van der Waals surface area (Å²) in [5.41, 5.74) is 0.442. The molecule has 0 fully saturated rings. The first kappa shape index (κ1) is 19.0. The number of carbonyl (C=O) groups excluding carboxylic acids is 1. The van der Waals surface area contributed by atoms with Crippen LogP contribution in [0, 0.1) is 12.7 Å². The Labute approximate surface area is 157 Å². The van der Waals surface area contributed by atoms with E-state index < -0.39 is 18.0 Å². The summed E-state index contributed by atoms with van der Waals surface area (Å²) in [6, 6.07) is 7.67. The lowest BCUT2D eigenvalue weighted by atomic mass is 10.2. The highest BCUT2D eigenvalue weighted by Gasteiger charge is 2.21. The van der Waals surface area contributed by atoms with Gasteiger partial charge in [-0.15, -0.1) is 0 Å². The van der Waals surface area contributed by atoms with E-state index in [0.717, 1.165) is 10.2 Å². The van der Waals surface area contributed by atoms with Gasteiger partial charge in [0.15, 0.2) is 5.82 Å². The first-order valence-electron chi connectivity index (χ1n) is 7.92. The third-order valence-corrected chi connectivity index (χ3v) is 4.27. The number of anilines is 1. The molecule has 3 aromatic rings. The van der Waals surface area contributed by atoms with Crippen molar-refractivity contribution in [3.8, 4) is 0 Å². The van der Waals surface area contributed by atoms with E-state index in [0.29, 0.717) is 6.54 Å². The maximum absolute atomic E-state index is 13.2. The molecule has 0 saturated heterocycles. The van der Waals surface area contributed by atoms with Crippen LogP contribution in [-0.2, 0) is 17.9 Å². The Morgan fingerprint density at radius 1 is 1.30 bits per heavy atom. The summed E-state index contributed by atoms with van der Waals surface area (Å²) in [5.74, 6) is -0.555. The van der Waals surface area contributed by atoms with Crippen LogP contribution in [-0.4, -0.2) is 25.5 Å². The number of hydrogen-bond acceptors (Lipinski definition) is 3. The molecule has 0 aliphatic heterocycles. The van der Waals surface area contributed by atoms with Gasteiger partial charge in [0.05, 0.1) is 17.3 Å². The molecule has 27 heavy (non-hydrogen) atoms. The van der Waals surface area contributed by atoms with Crippen LogP contribution in [0.1, 0.15) is 23.4 Å². The number of rotatable bonds is 6. The van der Waals surface area contributed by atoms with E-state index in [1.165, 1.54) is 23.7 Å². The van der Waals surface area contributed by atoms with Gasteiger partial charge in [-0.05, 0) is 24.6 Å². The Balaban J connectivity index is 1.64. The zero-order valence-corrected chi connectivity index (χ0v) is 14.9. The highest BCUT2D eigenvalue weighted by atomic mass is 35.5. The molecule has 2 aromatic heterocycles. The van der Waals surface area contributed by atoms with Gasteiger partial charge < -0.3 is 5.32 Å². The number of carbonyl (C=O) groups is 1. The molecule has 1 amide bonds. The second-order valence-electron chi connectivity index (χ2n) is 5.82. The molecule has 0 unspecified atom stereocenters. The molecular weight excluding hydrogens is 383 g/mol. The lowest BCUT2D eigenvalue weighted by molar-refractivity contribution is -0.117. The highest BCUT2D eigenvalue weighted by Crippen LogP contribution is 2.28. The number of hydrogen-bond donors (Lipinski definition) is 1. The summed E-state index contributed by atoms with van der Waals surface area (Å²) in [6.45, 7) is 1.55. The molecule has 0 bridgehead atoms. The number of aromatic nitrogens is 4. The summed E-state index contributed by atoms with van der Waals surface area (Å²) < 4.78 is 41.5. The van der Waals surface area contributed by atoms with Crippen LogP contribution < -0.4 is 5.32 Å². The van der Waals surface area contributed by atoms with Crippen molar-refractivity contribution in [3.63, 3.8) is 0 Å². The minimum Gasteiger partial charge on any atom is -0.308 e. The Morgan fingerprint density at radius 3 is 2.74 bits per heavy atom. The zero-order chi connectivity index (χ0) is 19.6. The molecule has 6 nitrogen and oxygen atoms in total. The smallest absolute Gasteiger partial charge is 0.283 e. The van der Waals surface area contributed by atoms with Crippen LogP contribution in [0.4, 0.5) is 19.0 Å². The summed E-state index contributed by atoms with van der Waals surface area (Å²) >= 11 is 5.81. The average molecular weight is 398 g/mol. The summed E-state index contributed by atoms with van der Waals surface area (Å²) in [7, 11) is 0. The van der Waals surface area contributed by atoms with Crippen LogP contribution in [0.15, 0.2) is 36.5 Å². The lowest BCUT2D eigenvalue weighted by Gasteiger charge is -2.05. The van der Waals surface area contributed by atoms with Crippen molar-refractivity contribution in [1.82, 2.24) is 19.6 Å². The standard InChI is InChI=1S/C17H15ClF3N5O/c1-10-15(18)16(17(20)21)24-26(10)9-14(27)22-13-5-6-25(23-13)8-11-3-2-4-12(19)7-11/h2-7,17H,8-9H2,1H3,(H,22,23,27). The molecule has 0 spiro atoms. The van der Waals surface area contributed by atoms with Gasteiger partial charge >= 0.3 is 0 Å². The fourth-order valence-electron chi connectivity index (χ4n) is 2.50. The third-order valence-electron chi connectivity index (χ3n) is 3.80. The van der Waals surface area contributed by atoms with Gasteiger partial charge in [-0.2, -0.15) is 10.2 Å². The van der Waals surface area contributed by atoms with Gasteiger partial charge in [0, 0.05) is 12.3 Å². The Kier molecular flexibility index (Phi) is 5.50. The van der Waals surface area contributed by atoms with Crippen molar-refractivity contribution < 1.29 is 18.0 Å². The summed E-state index contributed by atoms with van der Waals surface area (Å²) in [4.78, 5) is 12.1. The number of alkyl halides is 2. The molecule has 142 valence electrons. The predicted molar refractivity (Wildman–Crippen MR) is 93.3 cm³/mol. The van der Waals surface area contributed by atoms with E-state index in [1.807, 2.05) is 0 Å². The second kappa shape index (κ2) is 7.83. The van der Waals surface area contributed by atoms with Crippen LogP contribution in [0.2, 0.25) is 5.02 Å². The number of nitrogens with one attached hydrogen (secondary N) is 1. The van der Waals surface area contributed by atoms with E-state index >= 15 is 0 Å². The first-order chi connectivity index (χ1) is 12.8. The minimum absolute atomic E-state index is 0.155. The Morgan fingerprint density at radius 2 is 2.07 bits per heavy atom. The van der Waals surface area contributed by atoms with Crippen molar-refractivity contribution in [2.45, 2.75) is 26.4 Å². The van der Waals surface area contributed by atoms with Gasteiger partial charge in [0.1, 0.15) is 18.1 Å². The molecule has 10 heteroatoms. The molecule has 1 aromatic carbocycles. The van der Waals surface area contributed by atoms with Crippen molar-refractivity contribution in [2.75, 3.05) is 5.32 Å². The molecule has 0 aliphatic rings. The minimum atomic E-state index is -2.82. The largest absolute Gasteiger partial charge is 0.308 e. The van der Waals surface area contributed by atoms with Crippen LogP contribution in [0.25, 0.3) is 0 Å². The predicted octanol–water partition coefficient (Wildman–Crippen LogP) is 3.81. The van der Waals surface area contributed by atoms with Crippen LogP contribution in [0.5, 0.6) is 0 Å². The molecule has 0 aliphatic carbocycles. The first-order valence-corrected chi connectivity index (χ1v) is 8.30. The molecule has 1 N–H and O–H groups in total. The highest BCUT2D eigenvalue weighted by molar-refractivity contribution is 6.31. The zero-order valence-electron chi connectivity index (χ0n) is 14.2. The van der Waals surface area contributed by atoms with Crippen molar-refractivity contribution in [1.29, 1.82) is 0 Å². The Hall–Kier alpha value is -2.81. The maximum atomic E-state index is 13.2. The van der Waals surface area contributed by atoms with E-state index in [2.05, 4.69) is 15.5 Å². The van der Waals surface area contributed by atoms with E-state index in [-0.39, 0.29) is 28.9 Å². The molecule has 0 saturated carbocycles. The SMILES string of the molecule is Cc1c(Cl)c(C(F)F)nn1CC(=O)Nc1ccn(Cc2cccc(F)c2)n1. The quantitative estimate of drug-likeness (QED) is 0.688. The third kappa shape index (κ3) is 4.48.